The standard InChI is InChI=1S/C29H37F6N5/c1-4-21(8-7-19(3)36)22-6-5-9-37-26(38-15-22)40(25-14-27(39-16-25)13-18(27)2)17-20-10-23(28(30,31)32)12-24(11-20)29(33,34)35/h6,8,10-12,15,18-19,25,39H,4-5,7,9,13-14,16-17,36H2,1-3H3/b21-8+,22-6?,37-26?,38-15?. The first-order chi connectivity index (χ1) is 18.7. The monoisotopic (exact) mass is 569 g/mol. The van der Waals surface area contributed by atoms with E-state index in [2.05, 4.69) is 28.3 Å². The number of alkyl halides is 6. The minimum atomic E-state index is -4.91. The van der Waals surface area contributed by atoms with Crippen LogP contribution in [0.4, 0.5) is 26.3 Å². The summed E-state index contributed by atoms with van der Waals surface area (Å²) in [5, 5.41) is 3.53. The number of benzene rings is 1. The number of hydrogen-bond donors (Lipinski definition) is 2. The Hall–Kier alpha value is -2.66. The summed E-state index contributed by atoms with van der Waals surface area (Å²) in [5.41, 5.74) is 5.14. The molecule has 2 fully saturated rings. The van der Waals surface area contributed by atoms with E-state index in [9.17, 15) is 26.3 Å². The van der Waals surface area contributed by atoms with Gasteiger partial charge in [0.1, 0.15) is 0 Å². The summed E-state index contributed by atoms with van der Waals surface area (Å²) >= 11 is 0. The van der Waals surface area contributed by atoms with Gasteiger partial charge in [-0.2, -0.15) is 26.3 Å². The number of nitrogens with two attached hydrogens (primary N) is 1. The molecule has 2 aliphatic heterocycles. The van der Waals surface area contributed by atoms with E-state index in [1.165, 1.54) is 0 Å². The summed E-state index contributed by atoms with van der Waals surface area (Å²) in [6.07, 6.45) is -0.218. The fourth-order valence-electron chi connectivity index (χ4n) is 5.57. The SMILES string of the molecule is CC/C(=C\CC(C)N)C1=CCCN=C(N(Cc2cc(C(F)(F)F)cc(C(F)(F)F)c2)C2CNC3(C2)CC3C)N=C1. The molecule has 4 unspecified atom stereocenters. The van der Waals surface area contributed by atoms with Gasteiger partial charge in [-0.3, -0.25) is 4.99 Å². The Kier molecular flexibility index (Phi) is 8.85. The summed E-state index contributed by atoms with van der Waals surface area (Å²) < 4.78 is 81.5. The zero-order valence-electron chi connectivity index (χ0n) is 23.0. The van der Waals surface area contributed by atoms with E-state index in [4.69, 9.17) is 5.73 Å². The minimum absolute atomic E-state index is 0.00122. The highest BCUT2D eigenvalue weighted by atomic mass is 19.4. The maximum Gasteiger partial charge on any atom is 0.416 e. The first-order valence-electron chi connectivity index (χ1n) is 13.8. The lowest BCUT2D eigenvalue weighted by molar-refractivity contribution is -0.143. The van der Waals surface area contributed by atoms with Crippen molar-refractivity contribution in [2.75, 3.05) is 13.1 Å². The summed E-state index contributed by atoms with van der Waals surface area (Å²) in [5.74, 6) is 0.764. The van der Waals surface area contributed by atoms with Gasteiger partial charge in [0.2, 0.25) is 5.96 Å². The van der Waals surface area contributed by atoms with Crippen LogP contribution >= 0.6 is 0 Å². The van der Waals surface area contributed by atoms with Crippen molar-refractivity contribution in [2.45, 2.75) is 89.4 Å². The lowest BCUT2D eigenvalue weighted by Gasteiger charge is -2.31. The van der Waals surface area contributed by atoms with Crippen LogP contribution in [0.3, 0.4) is 0 Å². The molecule has 220 valence electrons. The Balaban J connectivity index is 1.70. The number of hydrogen-bond acceptors (Lipinski definition) is 5. The molecule has 4 rings (SSSR count). The molecular weight excluding hydrogens is 532 g/mol. The van der Waals surface area contributed by atoms with Gasteiger partial charge in [-0.15, -0.1) is 0 Å². The molecule has 1 saturated carbocycles. The number of nitrogens with zero attached hydrogens (tertiary/aromatic N) is 3. The molecule has 5 nitrogen and oxygen atoms in total. The van der Waals surface area contributed by atoms with Crippen LogP contribution in [0.25, 0.3) is 0 Å². The van der Waals surface area contributed by atoms with Crippen LogP contribution in [0.1, 0.15) is 69.6 Å². The van der Waals surface area contributed by atoms with Gasteiger partial charge >= 0.3 is 12.4 Å². The van der Waals surface area contributed by atoms with Crippen molar-refractivity contribution in [1.29, 1.82) is 0 Å². The van der Waals surface area contributed by atoms with E-state index in [-0.39, 0.29) is 35.8 Å². The van der Waals surface area contributed by atoms with Crippen molar-refractivity contribution < 1.29 is 26.3 Å². The van der Waals surface area contributed by atoms with Gasteiger partial charge in [-0.1, -0.05) is 26.0 Å². The van der Waals surface area contributed by atoms with Crippen LogP contribution in [0.5, 0.6) is 0 Å². The Bertz CT molecular complexity index is 1160. The maximum atomic E-state index is 13.6. The Morgan fingerprint density at radius 3 is 2.33 bits per heavy atom. The number of aliphatic imine (C=N–C) groups is 2. The average Bonchev–Trinajstić information content (AvgIpc) is 3.26. The smallest absolute Gasteiger partial charge is 0.332 e. The number of guanidine groups is 1. The molecule has 1 aromatic carbocycles. The topological polar surface area (TPSA) is 66.0 Å². The Labute approximate surface area is 231 Å². The van der Waals surface area contributed by atoms with E-state index in [0.717, 1.165) is 36.1 Å². The molecule has 3 N–H and O–H groups in total. The van der Waals surface area contributed by atoms with Crippen LogP contribution in [0, 0.1) is 5.92 Å². The lowest BCUT2D eigenvalue weighted by atomic mass is 10.0. The van der Waals surface area contributed by atoms with Crippen molar-refractivity contribution >= 4 is 12.2 Å². The Morgan fingerprint density at radius 1 is 1.15 bits per heavy atom. The van der Waals surface area contributed by atoms with E-state index in [0.29, 0.717) is 44.2 Å². The van der Waals surface area contributed by atoms with Gasteiger partial charge in [-0.25, -0.2) is 4.99 Å². The van der Waals surface area contributed by atoms with Crippen molar-refractivity contribution in [3.8, 4) is 0 Å². The van der Waals surface area contributed by atoms with Crippen molar-refractivity contribution in [3.63, 3.8) is 0 Å². The molecule has 0 aromatic heterocycles. The number of allylic oxidation sites excluding steroid dienone is 2. The molecule has 1 spiro atoms. The van der Waals surface area contributed by atoms with E-state index < -0.39 is 23.5 Å². The predicted molar refractivity (Wildman–Crippen MR) is 145 cm³/mol. The third kappa shape index (κ3) is 7.15. The molecule has 1 saturated heterocycles. The fraction of sp³-hybridized carbons (Fsp3) is 0.586. The van der Waals surface area contributed by atoms with Gasteiger partial charge in [0.05, 0.1) is 11.1 Å². The van der Waals surface area contributed by atoms with E-state index in [1.807, 2.05) is 19.9 Å². The molecule has 1 aromatic rings. The first-order valence-corrected chi connectivity index (χ1v) is 13.8. The third-order valence-electron chi connectivity index (χ3n) is 7.99. The highest BCUT2D eigenvalue weighted by molar-refractivity contribution is 5.96. The summed E-state index contributed by atoms with van der Waals surface area (Å²) in [6.45, 7) is 6.85. The van der Waals surface area contributed by atoms with Crippen LogP contribution in [-0.2, 0) is 18.9 Å². The van der Waals surface area contributed by atoms with Crippen LogP contribution in [0.2, 0.25) is 0 Å². The summed E-state index contributed by atoms with van der Waals surface area (Å²) in [4.78, 5) is 11.1. The van der Waals surface area contributed by atoms with Crippen LogP contribution in [-0.4, -0.2) is 47.8 Å². The van der Waals surface area contributed by atoms with Crippen molar-refractivity contribution in [1.82, 2.24) is 10.2 Å². The second-order valence-electron chi connectivity index (χ2n) is 11.2. The number of rotatable bonds is 7. The highest BCUT2D eigenvalue weighted by Crippen LogP contribution is 2.50. The third-order valence-corrected chi connectivity index (χ3v) is 7.99. The molecule has 0 amide bonds. The van der Waals surface area contributed by atoms with Crippen molar-refractivity contribution in [3.05, 3.63) is 58.2 Å². The second-order valence-corrected chi connectivity index (χ2v) is 11.2. The van der Waals surface area contributed by atoms with Gasteiger partial charge in [-0.05, 0) is 79.9 Å². The minimum Gasteiger partial charge on any atom is -0.332 e. The molecule has 4 atom stereocenters. The quantitative estimate of drug-likeness (QED) is 0.369. The summed E-state index contributed by atoms with van der Waals surface area (Å²) in [6, 6.07) is 1.57. The van der Waals surface area contributed by atoms with Gasteiger partial charge < -0.3 is 16.0 Å². The lowest BCUT2D eigenvalue weighted by Crippen LogP contribution is -2.41. The maximum absolute atomic E-state index is 13.6. The van der Waals surface area contributed by atoms with E-state index in [1.54, 1.807) is 11.1 Å². The van der Waals surface area contributed by atoms with Crippen LogP contribution in [0.15, 0.2) is 51.5 Å². The molecule has 1 aliphatic carbocycles. The van der Waals surface area contributed by atoms with Crippen molar-refractivity contribution in [2.24, 2.45) is 21.6 Å². The van der Waals surface area contributed by atoms with Crippen LogP contribution < -0.4 is 11.1 Å². The Morgan fingerprint density at radius 2 is 1.80 bits per heavy atom. The normalized spacial score (nSPS) is 26.3. The predicted octanol–water partition coefficient (Wildman–Crippen LogP) is 6.50. The molecule has 3 aliphatic rings. The average molecular weight is 570 g/mol. The molecule has 0 radical (unpaired) electrons. The zero-order chi connectivity index (χ0) is 29.3. The van der Waals surface area contributed by atoms with Gasteiger partial charge in [0.25, 0.3) is 0 Å². The molecule has 11 heteroatoms. The fourth-order valence-corrected chi connectivity index (χ4v) is 5.57. The number of nitrogens with one attached hydrogen (secondary N) is 1. The first kappa shape index (κ1) is 30.3. The number of halogens is 6. The van der Waals surface area contributed by atoms with Gasteiger partial charge in [0, 0.05) is 43.5 Å². The second kappa shape index (κ2) is 11.7. The largest absolute Gasteiger partial charge is 0.416 e. The molecular formula is C29H37F6N5. The zero-order valence-corrected chi connectivity index (χ0v) is 23.0. The summed E-state index contributed by atoms with van der Waals surface area (Å²) in [7, 11) is 0. The molecule has 0 bridgehead atoms. The highest BCUT2D eigenvalue weighted by Gasteiger charge is 2.56. The molecule has 40 heavy (non-hydrogen) atoms. The van der Waals surface area contributed by atoms with E-state index >= 15 is 0 Å². The van der Waals surface area contributed by atoms with Gasteiger partial charge in [0.15, 0.2) is 0 Å². The molecule has 2 heterocycles.